The fourth-order valence-corrected chi connectivity index (χ4v) is 1.84. The monoisotopic (exact) mass is 290 g/mol. The van der Waals surface area contributed by atoms with Gasteiger partial charge >= 0.3 is 12.1 Å². The lowest BCUT2D eigenvalue weighted by Gasteiger charge is -2.24. The Labute approximate surface area is 123 Å². The van der Waals surface area contributed by atoms with Crippen molar-refractivity contribution >= 4 is 17.9 Å². The molecule has 0 saturated heterocycles. The number of ketones is 1. The molecule has 0 saturated carbocycles. The highest BCUT2D eigenvalue weighted by Crippen LogP contribution is 2.30. The van der Waals surface area contributed by atoms with E-state index < -0.39 is 23.3 Å². The number of hydrogen-bond donors (Lipinski definition) is 0. The van der Waals surface area contributed by atoms with Gasteiger partial charge in [0, 0.05) is 5.56 Å². The van der Waals surface area contributed by atoms with E-state index in [2.05, 4.69) is 16.1 Å². The van der Waals surface area contributed by atoms with Gasteiger partial charge in [0.05, 0.1) is 7.11 Å². The first-order chi connectivity index (χ1) is 9.95. The molecular formula is C16H18O5. The summed E-state index contributed by atoms with van der Waals surface area (Å²) in [6.45, 7) is 5.03. The lowest BCUT2D eigenvalue weighted by atomic mass is 9.78. The predicted molar refractivity (Wildman–Crippen MR) is 76.8 cm³/mol. The summed E-state index contributed by atoms with van der Waals surface area (Å²) in [5.41, 5.74) is -1.09. The highest BCUT2D eigenvalue weighted by atomic mass is 16.7. The van der Waals surface area contributed by atoms with E-state index >= 15 is 0 Å². The van der Waals surface area contributed by atoms with E-state index in [9.17, 15) is 14.4 Å². The van der Waals surface area contributed by atoms with E-state index in [1.165, 1.54) is 6.92 Å². The summed E-state index contributed by atoms with van der Waals surface area (Å²) in [4.78, 5) is 35.9. The Balaban J connectivity index is 3.07. The van der Waals surface area contributed by atoms with Crippen LogP contribution < -0.4 is 0 Å². The third kappa shape index (κ3) is 4.02. The molecule has 0 aliphatic carbocycles. The van der Waals surface area contributed by atoms with Gasteiger partial charge in [-0.25, -0.2) is 4.79 Å². The Hall–Kier alpha value is -2.43. The van der Waals surface area contributed by atoms with Crippen LogP contribution in [0, 0.1) is 5.41 Å². The molecule has 0 fully saturated rings. The van der Waals surface area contributed by atoms with Crippen LogP contribution in [0.25, 0.3) is 0 Å². The van der Waals surface area contributed by atoms with Crippen molar-refractivity contribution in [1.29, 1.82) is 0 Å². The van der Waals surface area contributed by atoms with Gasteiger partial charge in [0.25, 0.3) is 0 Å². The molecule has 1 aromatic carbocycles. The molecule has 0 aromatic heterocycles. The minimum absolute atomic E-state index is 0.194. The Bertz CT molecular complexity index is 535. The van der Waals surface area contributed by atoms with Crippen molar-refractivity contribution in [2.75, 3.05) is 7.11 Å². The zero-order chi connectivity index (χ0) is 15.9. The van der Waals surface area contributed by atoms with Crippen LogP contribution in [-0.4, -0.2) is 25.0 Å². The lowest BCUT2D eigenvalue weighted by molar-refractivity contribution is -0.147. The van der Waals surface area contributed by atoms with Crippen LogP contribution in [0.2, 0.25) is 0 Å². The molecular weight excluding hydrogens is 272 g/mol. The number of ether oxygens (including phenoxy) is 2. The van der Waals surface area contributed by atoms with Gasteiger partial charge in [-0.3, -0.25) is 9.59 Å². The molecule has 5 heteroatoms. The molecule has 0 heterocycles. The number of methoxy groups -OCH3 is 1. The molecule has 0 amide bonds. The quantitative estimate of drug-likeness (QED) is 0.348. The fourth-order valence-electron chi connectivity index (χ4n) is 1.84. The third-order valence-corrected chi connectivity index (χ3v) is 3.18. The number of Topliss-reactive ketones (excluding diaryl/α,β-unsaturated/α-hetero) is 1. The summed E-state index contributed by atoms with van der Waals surface area (Å²) >= 11 is 0. The standard InChI is InChI=1S/C16H18O5/c1-4-5-11-16(2,14(18)21-15(19)20-3)13(17)12-9-7-6-8-10-12/h4,6-10H,1,5,11H2,2-3H3. The van der Waals surface area contributed by atoms with Crippen molar-refractivity contribution in [2.24, 2.45) is 5.41 Å². The van der Waals surface area contributed by atoms with Crippen molar-refractivity contribution in [2.45, 2.75) is 19.8 Å². The summed E-state index contributed by atoms with van der Waals surface area (Å²) in [7, 11) is 1.09. The fraction of sp³-hybridized carbons (Fsp3) is 0.312. The number of rotatable bonds is 6. The second-order valence-electron chi connectivity index (χ2n) is 4.70. The maximum atomic E-state index is 12.6. The molecule has 1 rings (SSSR count). The zero-order valence-electron chi connectivity index (χ0n) is 12.1. The maximum Gasteiger partial charge on any atom is 0.515 e. The lowest BCUT2D eigenvalue weighted by Crippen LogP contribution is -2.39. The molecule has 1 unspecified atom stereocenters. The van der Waals surface area contributed by atoms with Crippen molar-refractivity contribution in [3.05, 3.63) is 48.6 Å². The van der Waals surface area contributed by atoms with Gasteiger partial charge in [0.2, 0.25) is 0 Å². The molecule has 0 bridgehead atoms. The first-order valence-electron chi connectivity index (χ1n) is 6.46. The zero-order valence-corrected chi connectivity index (χ0v) is 12.1. The van der Waals surface area contributed by atoms with E-state index in [4.69, 9.17) is 0 Å². The second kappa shape index (κ2) is 7.38. The third-order valence-electron chi connectivity index (χ3n) is 3.18. The number of carbonyl (C=O) groups is 3. The molecule has 0 spiro atoms. The van der Waals surface area contributed by atoms with E-state index in [-0.39, 0.29) is 6.42 Å². The highest BCUT2D eigenvalue weighted by Gasteiger charge is 2.43. The minimum Gasteiger partial charge on any atom is -0.437 e. The first kappa shape index (κ1) is 16.6. The van der Waals surface area contributed by atoms with Crippen molar-refractivity contribution < 1.29 is 23.9 Å². The number of carbonyl (C=O) groups excluding carboxylic acids is 3. The van der Waals surface area contributed by atoms with Crippen LogP contribution in [0.3, 0.4) is 0 Å². The number of allylic oxidation sites excluding steroid dienone is 1. The molecule has 0 aliphatic heterocycles. The normalized spacial score (nSPS) is 12.9. The van der Waals surface area contributed by atoms with Crippen LogP contribution in [-0.2, 0) is 14.3 Å². The van der Waals surface area contributed by atoms with E-state index in [1.807, 2.05) is 0 Å². The summed E-state index contributed by atoms with van der Waals surface area (Å²) in [5.74, 6) is -1.33. The van der Waals surface area contributed by atoms with Crippen molar-refractivity contribution in [3.63, 3.8) is 0 Å². The molecule has 1 atom stereocenters. The van der Waals surface area contributed by atoms with Gasteiger partial charge in [-0.2, -0.15) is 0 Å². The van der Waals surface area contributed by atoms with Gasteiger partial charge in [-0.15, -0.1) is 6.58 Å². The van der Waals surface area contributed by atoms with E-state index in [1.54, 1.807) is 36.4 Å². The molecule has 0 radical (unpaired) electrons. The van der Waals surface area contributed by atoms with Gasteiger partial charge in [0.1, 0.15) is 5.41 Å². The van der Waals surface area contributed by atoms with Crippen LogP contribution in [0.15, 0.2) is 43.0 Å². The summed E-state index contributed by atoms with van der Waals surface area (Å²) in [6.07, 6.45) is 1.10. The van der Waals surface area contributed by atoms with E-state index in [0.29, 0.717) is 12.0 Å². The Morgan fingerprint density at radius 1 is 1.24 bits per heavy atom. The number of esters is 1. The summed E-state index contributed by atoms with van der Waals surface area (Å²) in [6, 6.07) is 8.39. The van der Waals surface area contributed by atoms with Gasteiger partial charge < -0.3 is 9.47 Å². The first-order valence-corrected chi connectivity index (χ1v) is 6.46. The van der Waals surface area contributed by atoms with Gasteiger partial charge in [0.15, 0.2) is 5.78 Å². The van der Waals surface area contributed by atoms with Crippen LogP contribution >= 0.6 is 0 Å². The average Bonchev–Trinajstić information content (AvgIpc) is 2.52. The second-order valence-corrected chi connectivity index (χ2v) is 4.70. The largest absolute Gasteiger partial charge is 0.515 e. The van der Waals surface area contributed by atoms with Gasteiger partial charge in [-0.1, -0.05) is 36.4 Å². The number of benzene rings is 1. The Kier molecular flexibility index (Phi) is 5.84. The van der Waals surface area contributed by atoms with Crippen molar-refractivity contribution in [1.82, 2.24) is 0 Å². The minimum atomic E-state index is -1.47. The molecule has 1 aromatic rings. The molecule has 0 aliphatic rings. The van der Waals surface area contributed by atoms with Crippen molar-refractivity contribution in [3.8, 4) is 0 Å². The molecule has 21 heavy (non-hydrogen) atoms. The Morgan fingerprint density at radius 3 is 2.38 bits per heavy atom. The van der Waals surface area contributed by atoms with Crippen LogP contribution in [0.4, 0.5) is 4.79 Å². The Morgan fingerprint density at radius 2 is 1.86 bits per heavy atom. The molecule has 5 nitrogen and oxygen atoms in total. The summed E-state index contributed by atoms with van der Waals surface area (Å²) < 4.78 is 8.84. The molecule has 112 valence electrons. The number of hydrogen-bond acceptors (Lipinski definition) is 5. The average molecular weight is 290 g/mol. The SMILES string of the molecule is C=CCCC(C)(C(=O)OC(=O)OC)C(=O)c1ccccc1. The van der Waals surface area contributed by atoms with Gasteiger partial charge in [-0.05, 0) is 19.8 Å². The molecule has 0 N–H and O–H groups in total. The highest BCUT2D eigenvalue weighted by molar-refractivity contribution is 6.13. The van der Waals surface area contributed by atoms with Crippen LogP contribution in [0.5, 0.6) is 0 Å². The van der Waals surface area contributed by atoms with Crippen LogP contribution in [0.1, 0.15) is 30.1 Å². The topological polar surface area (TPSA) is 69.7 Å². The maximum absolute atomic E-state index is 12.6. The van der Waals surface area contributed by atoms with E-state index in [0.717, 1.165) is 7.11 Å². The summed E-state index contributed by atoms with van der Waals surface area (Å²) in [5, 5.41) is 0. The predicted octanol–water partition coefficient (Wildman–Crippen LogP) is 3.15. The smallest absolute Gasteiger partial charge is 0.437 e.